The highest BCUT2D eigenvalue weighted by Gasteiger charge is 2.07. The highest BCUT2D eigenvalue weighted by molar-refractivity contribution is 5.94. The second-order valence-corrected chi connectivity index (χ2v) is 6.36. The number of carbonyl (C=O) groups is 1. The van der Waals surface area contributed by atoms with E-state index in [4.69, 9.17) is 0 Å². The molecule has 0 saturated carbocycles. The molecule has 2 aromatic carbocycles. The van der Waals surface area contributed by atoms with E-state index in [2.05, 4.69) is 34.0 Å². The van der Waals surface area contributed by atoms with Crippen molar-refractivity contribution < 1.29 is 4.79 Å². The zero-order valence-electron chi connectivity index (χ0n) is 15.5. The van der Waals surface area contributed by atoms with E-state index in [1.807, 2.05) is 48.5 Å². The zero-order chi connectivity index (χ0) is 18.4. The highest BCUT2D eigenvalue weighted by Crippen LogP contribution is 2.11. The van der Waals surface area contributed by atoms with E-state index in [1.54, 1.807) is 0 Å². The molecular weight excluding hydrogens is 324 g/mol. The quantitative estimate of drug-likeness (QED) is 0.655. The van der Waals surface area contributed by atoms with Crippen molar-refractivity contribution in [3.8, 4) is 0 Å². The molecule has 1 heterocycles. The fourth-order valence-corrected chi connectivity index (χ4v) is 2.99. The third-order valence-electron chi connectivity index (χ3n) is 4.60. The largest absolute Gasteiger partial charge is 0.352 e. The molecule has 0 fully saturated rings. The minimum Gasteiger partial charge on any atom is -0.352 e. The summed E-state index contributed by atoms with van der Waals surface area (Å²) in [6.45, 7) is 7.85. The molecule has 0 aliphatic heterocycles. The first-order valence-electron chi connectivity index (χ1n) is 9.22. The van der Waals surface area contributed by atoms with Crippen LogP contribution >= 0.6 is 0 Å². The molecule has 0 atom stereocenters. The molecule has 0 saturated heterocycles. The first-order chi connectivity index (χ1) is 12.7. The summed E-state index contributed by atoms with van der Waals surface area (Å²) in [4.78, 5) is 22.5. The maximum absolute atomic E-state index is 12.3. The van der Waals surface area contributed by atoms with E-state index < -0.39 is 0 Å². The van der Waals surface area contributed by atoms with Crippen molar-refractivity contribution in [1.82, 2.24) is 20.2 Å². The Labute approximate surface area is 154 Å². The first kappa shape index (κ1) is 18.1. The summed E-state index contributed by atoms with van der Waals surface area (Å²) in [5.74, 6) is 0.844. The van der Waals surface area contributed by atoms with Crippen LogP contribution in [0.25, 0.3) is 11.0 Å². The number of carbonyl (C=O) groups excluding carboxylic acids is 1. The van der Waals surface area contributed by atoms with Gasteiger partial charge in [0, 0.05) is 25.1 Å². The first-order valence-corrected chi connectivity index (χ1v) is 9.22. The molecule has 0 unspecified atom stereocenters. The average Bonchev–Trinajstić information content (AvgIpc) is 3.09. The minimum absolute atomic E-state index is 0.0458. The van der Waals surface area contributed by atoms with E-state index in [0.29, 0.717) is 18.5 Å². The lowest BCUT2D eigenvalue weighted by Gasteiger charge is -2.18. The van der Waals surface area contributed by atoms with Crippen LogP contribution in [-0.2, 0) is 13.0 Å². The van der Waals surface area contributed by atoms with E-state index in [-0.39, 0.29) is 5.91 Å². The minimum atomic E-state index is -0.0458. The number of aromatic amines is 1. The third kappa shape index (κ3) is 4.49. The Hall–Kier alpha value is -2.66. The molecule has 1 aromatic heterocycles. The molecule has 1 amide bonds. The Morgan fingerprint density at radius 1 is 1.08 bits per heavy atom. The topological polar surface area (TPSA) is 61.0 Å². The average molecular weight is 350 g/mol. The van der Waals surface area contributed by atoms with Crippen LogP contribution in [0.4, 0.5) is 0 Å². The van der Waals surface area contributed by atoms with Gasteiger partial charge in [0.25, 0.3) is 5.91 Å². The van der Waals surface area contributed by atoms with Crippen LogP contribution in [0.1, 0.15) is 35.6 Å². The number of nitrogens with zero attached hydrogens (tertiary/aromatic N) is 2. The lowest BCUT2D eigenvalue weighted by Crippen LogP contribution is -2.26. The number of hydrogen-bond acceptors (Lipinski definition) is 3. The van der Waals surface area contributed by atoms with Crippen LogP contribution in [0.5, 0.6) is 0 Å². The van der Waals surface area contributed by atoms with Crippen molar-refractivity contribution in [2.75, 3.05) is 19.6 Å². The molecule has 0 bridgehead atoms. The zero-order valence-corrected chi connectivity index (χ0v) is 15.5. The lowest BCUT2D eigenvalue weighted by molar-refractivity contribution is 0.0954. The van der Waals surface area contributed by atoms with Crippen LogP contribution < -0.4 is 5.32 Å². The molecule has 0 radical (unpaired) electrons. The molecule has 3 aromatic rings. The number of hydrogen-bond donors (Lipinski definition) is 2. The van der Waals surface area contributed by atoms with Crippen molar-refractivity contribution in [1.29, 1.82) is 0 Å². The fourth-order valence-electron chi connectivity index (χ4n) is 2.99. The van der Waals surface area contributed by atoms with Crippen molar-refractivity contribution >= 4 is 16.9 Å². The van der Waals surface area contributed by atoms with E-state index in [9.17, 15) is 4.79 Å². The number of fused-ring (bicyclic) bond motifs is 1. The molecule has 136 valence electrons. The van der Waals surface area contributed by atoms with Gasteiger partial charge in [-0.15, -0.1) is 0 Å². The van der Waals surface area contributed by atoms with Gasteiger partial charge in [0.2, 0.25) is 0 Å². The summed E-state index contributed by atoms with van der Waals surface area (Å²) < 4.78 is 0. The summed E-state index contributed by atoms with van der Waals surface area (Å²) in [7, 11) is 0. The van der Waals surface area contributed by atoms with Crippen LogP contribution in [0.3, 0.4) is 0 Å². The summed E-state index contributed by atoms with van der Waals surface area (Å²) >= 11 is 0. The molecule has 5 nitrogen and oxygen atoms in total. The maximum atomic E-state index is 12.3. The molecular formula is C21H26N4O. The molecule has 5 heteroatoms. The second-order valence-electron chi connectivity index (χ2n) is 6.36. The van der Waals surface area contributed by atoms with Crippen molar-refractivity contribution in [3.63, 3.8) is 0 Å². The molecule has 2 N–H and O–H groups in total. The SMILES string of the molecule is CCN(CC)Cc1ccc(C(=O)NCCc2nc3ccccc3[nH]2)cc1. The van der Waals surface area contributed by atoms with Crippen LogP contribution in [0, 0.1) is 0 Å². The number of H-pyrrole nitrogens is 1. The second kappa shape index (κ2) is 8.63. The molecule has 0 aliphatic rings. The predicted octanol–water partition coefficient (Wildman–Crippen LogP) is 3.38. The molecule has 3 rings (SSSR count). The predicted molar refractivity (Wildman–Crippen MR) is 105 cm³/mol. The number of imidazole rings is 1. The number of aromatic nitrogens is 2. The monoisotopic (exact) mass is 350 g/mol. The van der Waals surface area contributed by atoms with Crippen molar-refractivity contribution in [3.05, 3.63) is 65.5 Å². The van der Waals surface area contributed by atoms with Gasteiger partial charge in [-0.3, -0.25) is 9.69 Å². The van der Waals surface area contributed by atoms with E-state index in [1.165, 1.54) is 5.56 Å². The van der Waals surface area contributed by atoms with E-state index in [0.717, 1.165) is 36.5 Å². The van der Waals surface area contributed by atoms with Gasteiger partial charge in [0.1, 0.15) is 5.82 Å². The standard InChI is InChI=1S/C21H26N4O/c1-3-25(4-2)15-16-9-11-17(12-10-16)21(26)22-14-13-20-23-18-7-5-6-8-19(18)24-20/h5-12H,3-4,13-15H2,1-2H3,(H,22,26)(H,23,24). The van der Waals surface area contributed by atoms with Crippen molar-refractivity contribution in [2.45, 2.75) is 26.8 Å². The van der Waals surface area contributed by atoms with Gasteiger partial charge < -0.3 is 10.3 Å². The van der Waals surface area contributed by atoms with Crippen LogP contribution in [-0.4, -0.2) is 40.4 Å². The van der Waals surface area contributed by atoms with Gasteiger partial charge in [-0.25, -0.2) is 4.98 Å². The third-order valence-corrected chi connectivity index (χ3v) is 4.60. The summed E-state index contributed by atoms with van der Waals surface area (Å²) in [6, 6.07) is 15.8. The van der Waals surface area contributed by atoms with E-state index >= 15 is 0 Å². The normalized spacial score (nSPS) is 11.2. The Morgan fingerprint density at radius 3 is 2.50 bits per heavy atom. The number of amides is 1. The van der Waals surface area contributed by atoms with Gasteiger partial charge in [-0.2, -0.15) is 0 Å². The Bertz CT molecular complexity index is 817. The summed E-state index contributed by atoms with van der Waals surface area (Å²) in [5.41, 5.74) is 3.90. The maximum Gasteiger partial charge on any atom is 0.251 e. The number of rotatable bonds is 8. The van der Waals surface area contributed by atoms with Gasteiger partial charge >= 0.3 is 0 Å². The Balaban J connectivity index is 1.51. The fraction of sp³-hybridized carbons (Fsp3) is 0.333. The number of nitrogens with one attached hydrogen (secondary N) is 2. The van der Waals surface area contributed by atoms with Gasteiger partial charge in [-0.1, -0.05) is 38.1 Å². The van der Waals surface area contributed by atoms with Crippen LogP contribution in [0.2, 0.25) is 0 Å². The highest BCUT2D eigenvalue weighted by atomic mass is 16.1. The van der Waals surface area contributed by atoms with Gasteiger partial charge in [-0.05, 0) is 42.9 Å². The molecule has 0 spiro atoms. The van der Waals surface area contributed by atoms with Gasteiger partial charge in [0.15, 0.2) is 0 Å². The number of benzene rings is 2. The lowest BCUT2D eigenvalue weighted by atomic mass is 10.1. The summed E-state index contributed by atoms with van der Waals surface area (Å²) in [5, 5.41) is 2.97. The Kier molecular flexibility index (Phi) is 6.02. The molecule has 0 aliphatic carbocycles. The van der Waals surface area contributed by atoms with Gasteiger partial charge in [0.05, 0.1) is 11.0 Å². The van der Waals surface area contributed by atoms with Crippen LogP contribution in [0.15, 0.2) is 48.5 Å². The van der Waals surface area contributed by atoms with Crippen molar-refractivity contribution in [2.24, 2.45) is 0 Å². The summed E-state index contributed by atoms with van der Waals surface area (Å²) in [6.07, 6.45) is 0.681. The smallest absolute Gasteiger partial charge is 0.251 e. The molecule has 26 heavy (non-hydrogen) atoms. The number of para-hydroxylation sites is 2. The Morgan fingerprint density at radius 2 is 1.81 bits per heavy atom.